The Balaban J connectivity index is 0.000000461. The predicted octanol–water partition coefficient (Wildman–Crippen LogP) is 3.50. The molecule has 0 nitrogen and oxygen atoms in total. The molecular weight excluding hydrogens is 284 g/mol. The van der Waals surface area contributed by atoms with E-state index in [9.17, 15) is 4.39 Å². The molecule has 0 aliphatic heterocycles. The third-order valence-electron chi connectivity index (χ3n) is 0.984. The van der Waals surface area contributed by atoms with E-state index in [0.29, 0.717) is 0 Å². The van der Waals surface area contributed by atoms with Gasteiger partial charge in [0, 0.05) is 5.02 Å². The Morgan fingerprint density at radius 1 is 1.45 bits per heavy atom. The number of benzene rings is 1. The summed E-state index contributed by atoms with van der Waals surface area (Å²) in [5.41, 5.74) is 0.724. The summed E-state index contributed by atoms with van der Waals surface area (Å²) >= 11 is 9.65. The standard InChI is InChI=1S/C7H5ClF.BrH.Zn/c1-5-2-3-7(9)6(8)4-5;;/h2-4H,1H2;1H;/q-1;;+2/p-1. The van der Waals surface area contributed by atoms with Crippen molar-refractivity contribution in [3.63, 3.8) is 0 Å². The van der Waals surface area contributed by atoms with E-state index in [-0.39, 0.29) is 5.02 Å². The second-order valence-electron chi connectivity index (χ2n) is 1.75. The van der Waals surface area contributed by atoms with Crippen LogP contribution >= 0.6 is 25.2 Å². The monoisotopic (exact) mass is 286 g/mol. The molecule has 0 aliphatic carbocycles. The molecule has 0 saturated heterocycles. The van der Waals surface area contributed by atoms with Gasteiger partial charge in [0.2, 0.25) is 0 Å². The van der Waals surface area contributed by atoms with Crippen molar-refractivity contribution >= 4 is 25.2 Å². The number of rotatable bonds is 0. The summed E-state index contributed by atoms with van der Waals surface area (Å²) in [7, 11) is 0. The van der Waals surface area contributed by atoms with Crippen LogP contribution in [-0.2, 0) is 16.3 Å². The molecule has 0 N–H and O–H groups in total. The quantitative estimate of drug-likeness (QED) is 0.506. The van der Waals surface area contributed by atoms with Gasteiger partial charge in [-0.05, 0) is 0 Å². The van der Waals surface area contributed by atoms with Gasteiger partial charge in [-0.15, -0.1) is 6.07 Å². The first-order valence-electron chi connectivity index (χ1n) is 2.74. The van der Waals surface area contributed by atoms with Crippen LogP contribution in [0, 0.1) is 12.7 Å². The van der Waals surface area contributed by atoms with E-state index < -0.39 is 5.82 Å². The summed E-state index contributed by atoms with van der Waals surface area (Å²) in [5, 5.41) is 0.127. The van der Waals surface area contributed by atoms with Crippen molar-refractivity contribution in [1.82, 2.24) is 0 Å². The van der Waals surface area contributed by atoms with Gasteiger partial charge < -0.3 is 0 Å². The fraction of sp³-hybridized carbons (Fsp3) is 0. The van der Waals surface area contributed by atoms with Crippen molar-refractivity contribution in [2.45, 2.75) is 0 Å². The second-order valence-corrected chi connectivity index (χ2v) is 2.16. The molecule has 11 heavy (non-hydrogen) atoms. The van der Waals surface area contributed by atoms with E-state index in [0.717, 1.165) is 5.56 Å². The Morgan fingerprint density at radius 3 is 2.36 bits per heavy atom. The van der Waals surface area contributed by atoms with E-state index in [4.69, 9.17) is 11.6 Å². The van der Waals surface area contributed by atoms with Crippen molar-refractivity contribution < 1.29 is 20.7 Å². The molecule has 1 rings (SSSR count). The topological polar surface area (TPSA) is 0 Å². The van der Waals surface area contributed by atoms with E-state index >= 15 is 0 Å². The molecule has 0 radical (unpaired) electrons. The molecule has 0 bridgehead atoms. The summed E-state index contributed by atoms with van der Waals surface area (Å²) in [6.07, 6.45) is 0. The van der Waals surface area contributed by atoms with E-state index in [1.54, 1.807) is 6.07 Å². The van der Waals surface area contributed by atoms with Gasteiger partial charge in [0.05, 0.1) is 0 Å². The van der Waals surface area contributed by atoms with Gasteiger partial charge >= 0.3 is 30.0 Å². The zero-order chi connectivity index (χ0) is 8.85. The number of hydrogen-bond acceptors (Lipinski definition) is 0. The molecule has 1 aromatic rings. The van der Waals surface area contributed by atoms with Crippen molar-refractivity contribution in [1.29, 1.82) is 0 Å². The fourth-order valence-electron chi connectivity index (χ4n) is 0.540. The molecule has 0 atom stereocenters. The van der Waals surface area contributed by atoms with Gasteiger partial charge in [-0.25, -0.2) is 4.39 Å². The summed E-state index contributed by atoms with van der Waals surface area (Å²) in [6, 6.07) is 4.35. The first-order chi connectivity index (χ1) is 5.20. The third-order valence-corrected chi connectivity index (χ3v) is 1.27. The summed E-state index contributed by atoms with van der Waals surface area (Å²) in [4.78, 5) is 0. The van der Waals surface area contributed by atoms with Crippen LogP contribution in [-0.4, -0.2) is 0 Å². The van der Waals surface area contributed by atoms with Crippen molar-refractivity contribution in [2.24, 2.45) is 0 Å². The minimum absolute atomic E-state index is 0.127. The van der Waals surface area contributed by atoms with Crippen LogP contribution in [0.3, 0.4) is 0 Å². The van der Waals surface area contributed by atoms with Gasteiger partial charge in [0.1, 0.15) is 5.82 Å². The maximum absolute atomic E-state index is 12.3. The van der Waals surface area contributed by atoms with Crippen LogP contribution in [0.5, 0.6) is 0 Å². The zero-order valence-corrected chi connectivity index (χ0v) is 11.1. The Bertz CT molecular complexity index is 230. The van der Waals surface area contributed by atoms with Crippen molar-refractivity contribution in [3.8, 4) is 0 Å². The molecule has 0 unspecified atom stereocenters. The molecule has 4 heteroatoms. The van der Waals surface area contributed by atoms with Gasteiger partial charge in [-0.1, -0.05) is 17.7 Å². The van der Waals surface area contributed by atoms with Crippen LogP contribution < -0.4 is 0 Å². The molecule has 0 aliphatic rings. The average molecular weight is 289 g/mol. The first-order valence-corrected chi connectivity index (χ1v) is 10.1. The fourth-order valence-corrected chi connectivity index (χ4v) is 0.743. The van der Waals surface area contributed by atoms with Gasteiger partial charge in [0.15, 0.2) is 0 Å². The van der Waals surface area contributed by atoms with Crippen LogP contribution in [0.15, 0.2) is 18.2 Å². The van der Waals surface area contributed by atoms with Gasteiger partial charge in [-0.3, -0.25) is 0 Å². The molecule has 0 fully saturated rings. The van der Waals surface area contributed by atoms with Crippen molar-refractivity contribution in [3.05, 3.63) is 41.5 Å². The first kappa shape index (κ1) is 11.4. The summed E-state index contributed by atoms with van der Waals surface area (Å²) < 4.78 is 12.3. The molecule has 1 aromatic carbocycles. The molecule has 0 heterocycles. The molecule has 56 valence electrons. The molecular formula is C7H5BrClFZn. The van der Waals surface area contributed by atoms with E-state index in [2.05, 4.69) is 20.5 Å². The minimum atomic E-state index is -0.399. The van der Waals surface area contributed by atoms with Crippen LogP contribution in [0.4, 0.5) is 4.39 Å². The molecule has 0 amide bonds. The van der Waals surface area contributed by atoms with E-state index in [1.807, 2.05) is 0 Å². The summed E-state index contributed by atoms with van der Waals surface area (Å²) in [5.74, 6) is -0.399. The average Bonchev–Trinajstić information content (AvgIpc) is 2.02. The van der Waals surface area contributed by atoms with Gasteiger partial charge in [0.25, 0.3) is 0 Å². The number of halogens is 3. The maximum atomic E-state index is 12.3. The normalized spacial score (nSPS) is 8.45. The van der Waals surface area contributed by atoms with Crippen LogP contribution in [0.1, 0.15) is 5.56 Å². The predicted molar refractivity (Wildman–Crippen MR) is 44.8 cm³/mol. The molecule has 0 spiro atoms. The van der Waals surface area contributed by atoms with E-state index in [1.165, 1.54) is 28.5 Å². The van der Waals surface area contributed by atoms with Crippen LogP contribution in [0.25, 0.3) is 0 Å². The molecule has 0 saturated carbocycles. The Labute approximate surface area is 87.2 Å². The third kappa shape index (κ3) is 4.10. The van der Waals surface area contributed by atoms with Gasteiger partial charge in [-0.2, -0.15) is 18.6 Å². The Hall–Kier alpha value is 0.413. The Kier molecular flexibility index (Phi) is 6.21. The SMILES string of the molecule is [CH2-]c1ccc(F)c(Cl)c1.[Zn+][Br]. The summed E-state index contributed by atoms with van der Waals surface area (Å²) in [6.45, 7) is 3.57. The van der Waals surface area contributed by atoms with Crippen molar-refractivity contribution in [2.75, 3.05) is 0 Å². The Morgan fingerprint density at radius 2 is 2.00 bits per heavy atom. The molecule has 0 aromatic heterocycles. The second kappa shape index (κ2) is 5.99. The van der Waals surface area contributed by atoms with Crippen LogP contribution in [0.2, 0.25) is 5.02 Å². The zero-order valence-electron chi connectivity index (χ0n) is 5.78. The number of hydrogen-bond donors (Lipinski definition) is 0.